The van der Waals surface area contributed by atoms with Crippen LogP contribution in [0.25, 0.3) is 0 Å². The number of hydrogen-bond acceptors (Lipinski definition) is 4. The van der Waals surface area contributed by atoms with Gasteiger partial charge in [0.2, 0.25) is 5.91 Å². The Morgan fingerprint density at radius 3 is 2.32 bits per heavy atom. The highest BCUT2D eigenvalue weighted by atomic mass is 32.2. The molecule has 226 valence electrons. The van der Waals surface area contributed by atoms with E-state index in [0.717, 1.165) is 94.2 Å². The molecule has 0 bridgehead atoms. The number of carbonyl (C=O) groups excluding carboxylic acids is 1. The number of rotatable bonds is 9. The molecule has 2 saturated carbocycles. The number of nitrogens with zero attached hydrogens (tertiary/aromatic N) is 1. The van der Waals surface area contributed by atoms with E-state index < -0.39 is 22.5 Å². The number of carbonyl (C=O) groups is 1. The summed E-state index contributed by atoms with van der Waals surface area (Å²) in [5.74, 6) is 1.92. The van der Waals surface area contributed by atoms with E-state index in [2.05, 4.69) is 29.4 Å². The summed E-state index contributed by atoms with van der Waals surface area (Å²) in [6.45, 7) is 2.20. The second-order valence-electron chi connectivity index (χ2n) is 12.5. The molecule has 2 aromatic rings. The molecule has 1 heterocycles. The van der Waals surface area contributed by atoms with Crippen molar-refractivity contribution in [3.05, 3.63) is 53.7 Å². The number of hydrogen-bond donors (Lipinski definition) is 2. The van der Waals surface area contributed by atoms with Crippen molar-refractivity contribution in [2.75, 3.05) is 11.1 Å². The van der Waals surface area contributed by atoms with Crippen LogP contribution in [0.3, 0.4) is 0 Å². The Labute approximate surface area is 244 Å². The van der Waals surface area contributed by atoms with Gasteiger partial charge in [-0.25, -0.2) is 4.98 Å². The van der Waals surface area contributed by atoms with Gasteiger partial charge in [-0.3, -0.25) is 9.00 Å². The topological polar surface area (TPSA) is 85.1 Å². The van der Waals surface area contributed by atoms with Gasteiger partial charge in [-0.1, -0.05) is 38.3 Å². The molecule has 1 aromatic heterocycles. The lowest BCUT2D eigenvalue weighted by Gasteiger charge is -2.29. The molecule has 2 aliphatic carbocycles. The molecule has 4 rings (SSSR count). The van der Waals surface area contributed by atoms with Gasteiger partial charge < -0.3 is 11.1 Å². The Morgan fingerprint density at radius 2 is 1.68 bits per heavy atom. The maximum atomic E-state index is 13.1. The third-order valence-corrected chi connectivity index (χ3v) is 10.5. The van der Waals surface area contributed by atoms with E-state index in [9.17, 15) is 22.2 Å². The van der Waals surface area contributed by atoms with Crippen LogP contribution in [0.15, 0.2) is 47.5 Å². The predicted octanol–water partition coefficient (Wildman–Crippen LogP) is 7.98. The minimum atomic E-state index is -4.38. The molecule has 0 aliphatic heterocycles. The van der Waals surface area contributed by atoms with Gasteiger partial charge in [0, 0.05) is 29.3 Å². The van der Waals surface area contributed by atoms with Crippen molar-refractivity contribution in [3.63, 3.8) is 0 Å². The quantitative estimate of drug-likeness (QED) is 0.310. The average Bonchev–Trinajstić information content (AvgIpc) is 3.02. The molecule has 0 saturated heterocycles. The molecule has 3 atom stereocenters. The zero-order valence-electron chi connectivity index (χ0n) is 24.1. The lowest BCUT2D eigenvalue weighted by atomic mass is 9.77. The van der Waals surface area contributed by atoms with Crippen molar-refractivity contribution in [1.82, 2.24) is 4.98 Å². The van der Waals surface area contributed by atoms with E-state index in [-0.39, 0.29) is 17.4 Å². The summed E-state index contributed by atoms with van der Waals surface area (Å²) in [6, 6.07) is 11.0. The molecule has 2 fully saturated rings. The van der Waals surface area contributed by atoms with E-state index >= 15 is 0 Å². The summed E-state index contributed by atoms with van der Waals surface area (Å²) in [5.41, 5.74) is 6.10. The van der Waals surface area contributed by atoms with Crippen LogP contribution in [0.5, 0.6) is 0 Å². The van der Waals surface area contributed by atoms with Crippen molar-refractivity contribution < 1.29 is 22.2 Å². The molecule has 41 heavy (non-hydrogen) atoms. The van der Waals surface area contributed by atoms with Crippen molar-refractivity contribution in [1.29, 1.82) is 0 Å². The van der Waals surface area contributed by atoms with E-state index in [0.29, 0.717) is 29.8 Å². The first-order chi connectivity index (χ1) is 19.5. The van der Waals surface area contributed by atoms with Crippen LogP contribution >= 0.6 is 0 Å². The summed E-state index contributed by atoms with van der Waals surface area (Å²) in [7, 11) is -1.03. The number of nitrogens with two attached hydrogens (primary N) is 1. The Morgan fingerprint density at radius 1 is 1.00 bits per heavy atom. The number of benzene rings is 1. The van der Waals surface area contributed by atoms with Crippen LogP contribution in [0.1, 0.15) is 107 Å². The molecule has 3 unspecified atom stereocenters. The average molecular weight is 592 g/mol. The third-order valence-electron chi connectivity index (χ3n) is 9.13. The summed E-state index contributed by atoms with van der Waals surface area (Å²) in [5, 5.41) is 3.27. The highest BCUT2D eigenvalue weighted by Crippen LogP contribution is 2.39. The van der Waals surface area contributed by atoms with Crippen LogP contribution < -0.4 is 11.1 Å². The largest absolute Gasteiger partial charge is 0.417 e. The van der Waals surface area contributed by atoms with E-state index in [4.69, 9.17) is 5.73 Å². The number of amides is 1. The first-order valence-corrected chi connectivity index (χ1v) is 16.4. The Balaban J connectivity index is 1.20. The Kier molecular flexibility index (Phi) is 10.9. The molecule has 2 aliphatic rings. The Hall–Kier alpha value is -2.42. The van der Waals surface area contributed by atoms with Gasteiger partial charge in [0.25, 0.3) is 0 Å². The lowest BCUT2D eigenvalue weighted by Crippen LogP contribution is -2.27. The number of nitrogens with one attached hydrogen (secondary N) is 1. The number of alkyl halides is 3. The molecule has 9 heteroatoms. The fourth-order valence-corrected chi connectivity index (χ4v) is 7.88. The van der Waals surface area contributed by atoms with Crippen molar-refractivity contribution >= 4 is 22.5 Å². The molecule has 0 spiro atoms. The van der Waals surface area contributed by atoms with Crippen LogP contribution in [0, 0.1) is 11.3 Å². The fourth-order valence-electron chi connectivity index (χ4n) is 6.65. The number of aromatic nitrogens is 1. The standard InChI is InChI=1S/C32H44F3N3O2S/c1-31(21-29(36)39)18-3-2-5-24(6-4-19-31)25-9-14-28(15-10-25)41(40)20-17-23-7-12-27(13-8-23)38-30-16-11-26(22-37-30)32(33,34)35/h9-11,14-16,22-24,27H,2-8,12-13,17-21H2,1H3,(H2,36,39)(H,37,38). The number of pyridine rings is 1. The van der Waals surface area contributed by atoms with Gasteiger partial charge in [0.1, 0.15) is 5.82 Å². The number of primary amides is 1. The molecule has 1 aromatic carbocycles. The van der Waals surface area contributed by atoms with Crippen LogP contribution in [-0.2, 0) is 21.8 Å². The summed E-state index contributed by atoms with van der Waals surface area (Å²) in [6.07, 6.45) is 9.41. The van der Waals surface area contributed by atoms with Gasteiger partial charge in [-0.05, 0) is 105 Å². The van der Waals surface area contributed by atoms with Crippen molar-refractivity contribution in [2.24, 2.45) is 17.1 Å². The van der Waals surface area contributed by atoms with Gasteiger partial charge >= 0.3 is 6.18 Å². The van der Waals surface area contributed by atoms with Gasteiger partial charge in [-0.2, -0.15) is 13.2 Å². The molecule has 0 radical (unpaired) electrons. The number of halogens is 3. The minimum absolute atomic E-state index is 0.0144. The molecule has 5 nitrogen and oxygen atoms in total. The molecular weight excluding hydrogens is 547 g/mol. The lowest BCUT2D eigenvalue weighted by molar-refractivity contribution is -0.137. The summed E-state index contributed by atoms with van der Waals surface area (Å²) < 4.78 is 51.3. The molecule has 3 N–H and O–H groups in total. The van der Waals surface area contributed by atoms with Gasteiger partial charge in [0.15, 0.2) is 0 Å². The van der Waals surface area contributed by atoms with Gasteiger partial charge in [-0.15, -0.1) is 0 Å². The van der Waals surface area contributed by atoms with Crippen molar-refractivity contribution in [2.45, 2.75) is 113 Å². The van der Waals surface area contributed by atoms with E-state index in [1.165, 1.54) is 11.6 Å². The third kappa shape index (κ3) is 9.55. The second kappa shape index (κ2) is 14.2. The first kappa shape index (κ1) is 31.5. The molecular formula is C32H44F3N3O2S. The normalized spacial score (nSPS) is 26.8. The maximum Gasteiger partial charge on any atom is 0.417 e. The van der Waals surface area contributed by atoms with Gasteiger partial charge in [0.05, 0.1) is 16.4 Å². The van der Waals surface area contributed by atoms with E-state index in [1.807, 2.05) is 12.1 Å². The fraction of sp³-hybridized carbons (Fsp3) is 0.625. The highest BCUT2D eigenvalue weighted by molar-refractivity contribution is 7.85. The smallest absolute Gasteiger partial charge is 0.370 e. The maximum absolute atomic E-state index is 13.1. The monoisotopic (exact) mass is 591 g/mol. The summed E-state index contributed by atoms with van der Waals surface area (Å²) >= 11 is 0. The highest BCUT2D eigenvalue weighted by Gasteiger charge is 2.31. The zero-order valence-corrected chi connectivity index (χ0v) is 24.9. The Bertz CT molecular complexity index is 1150. The minimum Gasteiger partial charge on any atom is -0.370 e. The summed E-state index contributed by atoms with van der Waals surface area (Å²) in [4.78, 5) is 16.4. The molecule has 1 amide bonds. The number of anilines is 1. The predicted molar refractivity (Wildman–Crippen MR) is 158 cm³/mol. The van der Waals surface area contributed by atoms with E-state index in [1.54, 1.807) is 0 Å². The van der Waals surface area contributed by atoms with Crippen molar-refractivity contribution in [3.8, 4) is 0 Å². The first-order valence-electron chi connectivity index (χ1n) is 15.1. The van der Waals surface area contributed by atoms with Crippen LogP contribution in [0.2, 0.25) is 0 Å². The SMILES string of the molecule is CC1(CC(N)=O)CCCCC(c2ccc(S(=O)CCC3CCC(Nc4ccc(C(F)(F)F)cn4)CC3)cc2)CCC1. The van der Waals surface area contributed by atoms with Crippen LogP contribution in [0.4, 0.5) is 19.0 Å². The second-order valence-corrected chi connectivity index (χ2v) is 14.1. The van der Waals surface area contributed by atoms with Crippen LogP contribution in [-0.4, -0.2) is 26.9 Å². The zero-order chi connectivity index (χ0) is 29.5.